The summed E-state index contributed by atoms with van der Waals surface area (Å²) in [7, 11) is 0. The van der Waals surface area contributed by atoms with E-state index in [1.165, 1.54) is 12.1 Å². The van der Waals surface area contributed by atoms with Crippen LogP contribution in [-0.4, -0.2) is 34.7 Å². The van der Waals surface area contributed by atoms with Crippen molar-refractivity contribution in [2.75, 3.05) is 13.2 Å². The Hall–Kier alpha value is -2.91. The second-order valence-electron chi connectivity index (χ2n) is 7.16. The maximum atomic E-state index is 12.9. The van der Waals surface area contributed by atoms with Crippen LogP contribution >= 0.6 is 0 Å². The fraction of sp³-hybridized carbons (Fsp3) is 0.364. The molecule has 2 aromatic carbocycles. The van der Waals surface area contributed by atoms with Crippen molar-refractivity contribution in [2.24, 2.45) is 5.73 Å². The zero-order valence-corrected chi connectivity index (χ0v) is 17.4. The van der Waals surface area contributed by atoms with Gasteiger partial charge in [-0.05, 0) is 49.2 Å². The number of ether oxygens (including phenoxy) is 1. The maximum Gasteiger partial charge on any atom is 0.416 e. The minimum Gasteiger partial charge on any atom is -0.380 e. The number of carbonyl (C=O) groups is 1. The summed E-state index contributed by atoms with van der Waals surface area (Å²) in [4.78, 5) is 16.0. The molecule has 0 unspecified atom stereocenters. The number of amides is 1. The van der Waals surface area contributed by atoms with E-state index >= 15 is 0 Å². The summed E-state index contributed by atoms with van der Waals surface area (Å²) >= 11 is 0. The molecule has 0 aliphatic heterocycles. The predicted octanol–water partition coefficient (Wildman–Crippen LogP) is 3.72. The van der Waals surface area contributed by atoms with Gasteiger partial charge in [0.1, 0.15) is 5.82 Å². The number of rotatable bonds is 9. The Morgan fingerprint density at radius 2 is 1.87 bits per heavy atom. The van der Waals surface area contributed by atoms with Crippen LogP contribution in [-0.2, 0) is 28.8 Å². The number of nitrogens with zero attached hydrogens (tertiary/aromatic N) is 2. The normalized spacial score (nSPS) is 12.9. The number of carbonyl (C=O) groups excluding carboxylic acids is 1. The van der Waals surface area contributed by atoms with Crippen molar-refractivity contribution in [3.8, 4) is 11.1 Å². The van der Waals surface area contributed by atoms with Crippen molar-refractivity contribution in [1.29, 1.82) is 0 Å². The summed E-state index contributed by atoms with van der Waals surface area (Å²) in [6, 6.07) is 10.1. The molecular weight excluding hydrogens is 409 g/mol. The van der Waals surface area contributed by atoms with E-state index in [9.17, 15) is 18.0 Å². The molecule has 0 saturated carbocycles. The average Bonchev–Trinajstić information content (AvgIpc) is 3.08. The van der Waals surface area contributed by atoms with Crippen LogP contribution < -0.4 is 11.1 Å². The largest absolute Gasteiger partial charge is 0.416 e. The fourth-order valence-electron chi connectivity index (χ4n) is 3.23. The minimum atomic E-state index is -4.37. The standard InChI is InChI=1S/C22H25F3N4O2/c1-3-31-11-10-29-19-12-16(15-4-7-17(8-5-15)22(23,24)25)6-9-18(19)28-20(29)13-27-14(2)21(26)30/h4-9,12,14,27H,3,10-11,13H2,1-2H3,(H2,26,30)/t14-/m0/s1. The van der Waals surface area contributed by atoms with Gasteiger partial charge in [0.05, 0.1) is 35.8 Å². The van der Waals surface area contributed by atoms with Gasteiger partial charge in [-0.25, -0.2) is 4.98 Å². The average molecular weight is 434 g/mol. The van der Waals surface area contributed by atoms with E-state index in [1.54, 1.807) is 6.92 Å². The number of alkyl halides is 3. The Morgan fingerprint density at radius 3 is 2.48 bits per heavy atom. The molecule has 1 heterocycles. The molecule has 6 nitrogen and oxygen atoms in total. The van der Waals surface area contributed by atoms with Crippen LogP contribution in [0.2, 0.25) is 0 Å². The summed E-state index contributed by atoms with van der Waals surface area (Å²) in [6.07, 6.45) is -4.37. The first-order valence-corrected chi connectivity index (χ1v) is 9.98. The SMILES string of the molecule is CCOCCn1c(CN[C@@H](C)C(N)=O)nc2ccc(-c3ccc(C(F)(F)F)cc3)cc21. The smallest absolute Gasteiger partial charge is 0.380 e. The van der Waals surface area contributed by atoms with Gasteiger partial charge in [0.15, 0.2) is 0 Å². The van der Waals surface area contributed by atoms with E-state index in [-0.39, 0.29) is 0 Å². The summed E-state index contributed by atoms with van der Waals surface area (Å²) in [5.74, 6) is 0.258. The van der Waals surface area contributed by atoms with Gasteiger partial charge in [0, 0.05) is 13.2 Å². The lowest BCUT2D eigenvalue weighted by atomic mass is 10.0. The van der Waals surface area contributed by atoms with E-state index in [2.05, 4.69) is 10.3 Å². The Morgan fingerprint density at radius 1 is 1.19 bits per heavy atom. The van der Waals surface area contributed by atoms with Crippen molar-refractivity contribution >= 4 is 16.9 Å². The Labute approximate surface area is 178 Å². The molecule has 0 bridgehead atoms. The molecule has 1 aromatic heterocycles. The molecule has 3 aromatic rings. The lowest BCUT2D eigenvalue weighted by Gasteiger charge is -2.13. The van der Waals surface area contributed by atoms with Gasteiger partial charge in [-0.2, -0.15) is 13.2 Å². The van der Waals surface area contributed by atoms with Crippen LogP contribution in [0.5, 0.6) is 0 Å². The van der Waals surface area contributed by atoms with Crippen molar-refractivity contribution in [3.05, 3.63) is 53.9 Å². The van der Waals surface area contributed by atoms with Gasteiger partial charge in [-0.3, -0.25) is 10.1 Å². The van der Waals surface area contributed by atoms with Crippen LogP contribution in [0.25, 0.3) is 22.2 Å². The Bertz CT molecular complexity index is 1050. The highest BCUT2D eigenvalue weighted by molar-refractivity contribution is 5.83. The van der Waals surface area contributed by atoms with Crippen LogP contribution in [0.4, 0.5) is 13.2 Å². The third kappa shape index (κ3) is 5.42. The molecule has 3 rings (SSSR count). The highest BCUT2D eigenvalue weighted by atomic mass is 19.4. The first-order chi connectivity index (χ1) is 14.7. The number of aromatic nitrogens is 2. The number of hydrogen-bond donors (Lipinski definition) is 2. The molecule has 9 heteroatoms. The lowest BCUT2D eigenvalue weighted by molar-refractivity contribution is -0.137. The second kappa shape index (κ2) is 9.49. The number of hydrogen-bond acceptors (Lipinski definition) is 4. The number of nitrogens with two attached hydrogens (primary N) is 1. The molecule has 0 radical (unpaired) electrons. The summed E-state index contributed by atoms with van der Waals surface area (Å²) in [5.41, 5.74) is 7.67. The molecule has 31 heavy (non-hydrogen) atoms. The Kier molecular flexibility index (Phi) is 6.97. The maximum absolute atomic E-state index is 12.9. The fourth-order valence-corrected chi connectivity index (χ4v) is 3.23. The molecule has 1 atom stereocenters. The van der Waals surface area contributed by atoms with E-state index in [4.69, 9.17) is 10.5 Å². The molecule has 1 amide bonds. The van der Waals surface area contributed by atoms with E-state index < -0.39 is 23.7 Å². The number of benzene rings is 2. The van der Waals surface area contributed by atoms with Crippen molar-refractivity contribution in [2.45, 2.75) is 39.2 Å². The first-order valence-electron chi connectivity index (χ1n) is 9.98. The van der Waals surface area contributed by atoms with Gasteiger partial charge in [-0.15, -0.1) is 0 Å². The highest BCUT2D eigenvalue weighted by Crippen LogP contribution is 2.32. The van der Waals surface area contributed by atoms with Crippen molar-refractivity contribution < 1.29 is 22.7 Å². The van der Waals surface area contributed by atoms with Gasteiger partial charge in [0.25, 0.3) is 0 Å². The van der Waals surface area contributed by atoms with Gasteiger partial charge < -0.3 is 15.0 Å². The zero-order valence-electron chi connectivity index (χ0n) is 17.4. The van der Waals surface area contributed by atoms with Gasteiger partial charge >= 0.3 is 6.18 Å². The number of nitrogens with one attached hydrogen (secondary N) is 1. The molecule has 0 saturated heterocycles. The number of halogens is 3. The third-order valence-electron chi connectivity index (χ3n) is 5.03. The highest BCUT2D eigenvalue weighted by Gasteiger charge is 2.30. The Balaban J connectivity index is 1.95. The lowest BCUT2D eigenvalue weighted by Crippen LogP contribution is -2.38. The molecule has 0 spiro atoms. The summed E-state index contributed by atoms with van der Waals surface area (Å²) < 4.78 is 46.0. The first kappa shape index (κ1) is 22.8. The van der Waals surface area contributed by atoms with Crippen LogP contribution in [0, 0.1) is 0 Å². The summed E-state index contributed by atoms with van der Waals surface area (Å²) in [5, 5.41) is 3.05. The molecule has 3 N–H and O–H groups in total. The number of primary amides is 1. The van der Waals surface area contributed by atoms with Crippen LogP contribution in [0.1, 0.15) is 25.2 Å². The van der Waals surface area contributed by atoms with Gasteiger partial charge in [0.2, 0.25) is 5.91 Å². The monoisotopic (exact) mass is 434 g/mol. The quantitative estimate of drug-likeness (QED) is 0.503. The molecule has 166 valence electrons. The van der Waals surface area contributed by atoms with E-state index in [0.29, 0.717) is 37.7 Å². The zero-order chi connectivity index (χ0) is 22.6. The van der Waals surface area contributed by atoms with Crippen LogP contribution in [0.15, 0.2) is 42.5 Å². The second-order valence-corrected chi connectivity index (χ2v) is 7.16. The van der Waals surface area contributed by atoms with Crippen LogP contribution in [0.3, 0.4) is 0 Å². The summed E-state index contributed by atoms with van der Waals surface area (Å²) in [6.45, 7) is 5.52. The van der Waals surface area contributed by atoms with E-state index in [1.807, 2.05) is 29.7 Å². The molecule has 0 aliphatic carbocycles. The third-order valence-corrected chi connectivity index (χ3v) is 5.03. The topological polar surface area (TPSA) is 82.2 Å². The molecule has 0 fully saturated rings. The number of fused-ring (bicyclic) bond motifs is 1. The number of imidazole rings is 1. The van der Waals surface area contributed by atoms with Crippen molar-refractivity contribution in [1.82, 2.24) is 14.9 Å². The molecule has 0 aliphatic rings. The minimum absolute atomic E-state index is 0.334. The predicted molar refractivity (Wildman–Crippen MR) is 112 cm³/mol. The van der Waals surface area contributed by atoms with E-state index in [0.717, 1.165) is 28.7 Å². The molecular formula is C22H25F3N4O2. The van der Waals surface area contributed by atoms with Gasteiger partial charge in [-0.1, -0.05) is 18.2 Å². The van der Waals surface area contributed by atoms with Crippen molar-refractivity contribution in [3.63, 3.8) is 0 Å².